The Morgan fingerprint density at radius 3 is 2.86 bits per heavy atom. The Morgan fingerprint density at radius 1 is 1.64 bits per heavy atom. The second kappa shape index (κ2) is 4.83. The first-order valence-electron chi connectivity index (χ1n) is 4.78. The number of aryl methyl sites for hydroxylation is 2. The summed E-state index contributed by atoms with van der Waals surface area (Å²) in [4.78, 5) is 0. The minimum atomic E-state index is 0.310. The summed E-state index contributed by atoms with van der Waals surface area (Å²) in [5.74, 6) is 5.85. The molecule has 0 saturated heterocycles. The van der Waals surface area contributed by atoms with Gasteiger partial charge in [0.25, 0.3) is 0 Å². The maximum absolute atomic E-state index is 4.30. The van der Waals surface area contributed by atoms with Gasteiger partial charge in [-0.15, -0.1) is 5.92 Å². The van der Waals surface area contributed by atoms with Crippen molar-refractivity contribution in [3.8, 4) is 11.8 Å². The quantitative estimate of drug-likeness (QED) is 0.732. The van der Waals surface area contributed by atoms with Gasteiger partial charge in [0, 0.05) is 24.8 Å². The average Bonchev–Trinajstić information content (AvgIpc) is 2.45. The highest BCUT2D eigenvalue weighted by molar-refractivity contribution is 5.19. The first-order valence-corrected chi connectivity index (χ1v) is 4.78. The van der Waals surface area contributed by atoms with Gasteiger partial charge < -0.3 is 0 Å². The largest absolute Gasteiger partial charge is 0.299 e. The molecule has 0 aromatic carbocycles. The summed E-state index contributed by atoms with van der Waals surface area (Å²) in [5, 5.41) is 7.63. The van der Waals surface area contributed by atoms with Gasteiger partial charge in [0.1, 0.15) is 0 Å². The van der Waals surface area contributed by atoms with Crippen LogP contribution >= 0.6 is 0 Å². The van der Waals surface area contributed by atoms with Crippen molar-refractivity contribution in [1.82, 2.24) is 15.1 Å². The Hall–Kier alpha value is -1.27. The highest BCUT2D eigenvalue weighted by Crippen LogP contribution is 2.14. The van der Waals surface area contributed by atoms with Crippen LogP contribution in [0.15, 0.2) is 6.20 Å². The summed E-state index contributed by atoms with van der Waals surface area (Å²) < 4.78 is 1.84. The Balaban J connectivity index is 2.62. The zero-order chi connectivity index (χ0) is 10.6. The molecule has 3 nitrogen and oxygen atoms in total. The van der Waals surface area contributed by atoms with E-state index >= 15 is 0 Å². The molecule has 0 amide bonds. The number of hydrogen-bond donors (Lipinski definition) is 1. The van der Waals surface area contributed by atoms with E-state index in [1.807, 2.05) is 31.8 Å². The molecule has 1 heterocycles. The Bertz CT molecular complexity index is 354. The van der Waals surface area contributed by atoms with Crippen LogP contribution in [0.25, 0.3) is 0 Å². The second-order valence-electron chi connectivity index (χ2n) is 3.37. The molecule has 0 aliphatic rings. The fraction of sp³-hybridized carbons (Fsp3) is 0.545. The molecule has 0 aliphatic carbocycles. The van der Waals surface area contributed by atoms with Gasteiger partial charge in [0.05, 0.1) is 12.2 Å². The maximum atomic E-state index is 4.30. The first-order chi connectivity index (χ1) is 6.65. The predicted molar refractivity (Wildman–Crippen MR) is 57.8 cm³/mol. The molecule has 14 heavy (non-hydrogen) atoms. The summed E-state index contributed by atoms with van der Waals surface area (Å²) in [6, 6.07) is 0.310. The summed E-state index contributed by atoms with van der Waals surface area (Å²) in [5.41, 5.74) is 2.32. The lowest BCUT2D eigenvalue weighted by atomic mass is 10.1. The number of aromatic nitrogens is 2. The smallest absolute Gasteiger partial charge is 0.0641 e. The van der Waals surface area contributed by atoms with Crippen molar-refractivity contribution in [1.29, 1.82) is 0 Å². The fourth-order valence-electron chi connectivity index (χ4n) is 1.45. The molecule has 1 rings (SSSR count). The van der Waals surface area contributed by atoms with Crippen LogP contribution < -0.4 is 5.32 Å². The van der Waals surface area contributed by atoms with Gasteiger partial charge in [0.15, 0.2) is 0 Å². The lowest BCUT2D eigenvalue weighted by Gasteiger charge is -2.09. The molecule has 0 radical (unpaired) electrons. The van der Waals surface area contributed by atoms with E-state index < -0.39 is 0 Å². The lowest BCUT2D eigenvalue weighted by molar-refractivity contribution is 0.619. The summed E-state index contributed by atoms with van der Waals surface area (Å²) in [7, 11) is 1.94. The highest BCUT2D eigenvalue weighted by atomic mass is 15.3. The van der Waals surface area contributed by atoms with Gasteiger partial charge in [-0.3, -0.25) is 10.00 Å². The van der Waals surface area contributed by atoms with Gasteiger partial charge in [-0.1, -0.05) is 5.92 Å². The molecule has 1 aromatic rings. The maximum Gasteiger partial charge on any atom is 0.0641 e. The van der Waals surface area contributed by atoms with Crippen molar-refractivity contribution >= 4 is 0 Å². The topological polar surface area (TPSA) is 29.9 Å². The van der Waals surface area contributed by atoms with E-state index in [0.717, 1.165) is 12.2 Å². The number of nitrogens with one attached hydrogen (secondary N) is 1. The van der Waals surface area contributed by atoms with E-state index in [4.69, 9.17) is 0 Å². The SMILES string of the molecule is CC#CCNC(C)c1cn(C)nc1C. The number of nitrogens with zero attached hydrogens (tertiary/aromatic N) is 2. The third kappa shape index (κ3) is 2.61. The van der Waals surface area contributed by atoms with Crippen LogP contribution in [0.4, 0.5) is 0 Å². The first kappa shape index (κ1) is 10.8. The molecule has 3 heteroatoms. The van der Waals surface area contributed by atoms with E-state index in [1.54, 1.807) is 0 Å². The molecule has 0 aliphatic heterocycles. The van der Waals surface area contributed by atoms with Crippen molar-refractivity contribution < 1.29 is 0 Å². The molecule has 1 aromatic heterocycles. The van der Waals surface area contributed by atoms with Crippen molar-refractivity contribution in [2.45, 2.75) is 26.8 Å². The summed E-state index contributed by atoms with van der Waals surface area (Å²) >= 11 is 0. The van der Waals surface area contributed by atoms with Crippen molar-refractivity contribution in [3.63, 3.8) is 0 Å². The predicted octanol–water partition coefficient (Wildman–Crippen LogP) is 1.40. The lowest BCUT2D eigenvalue weighted by Crippen LogP contribution is -2.19. The van der Waals surface area contributed by atoms with Gasteiger partial charge in [0.2, 0.25) is 0 Å². The van der Waals surface area contributed by atoms with Crippen LogP contribution in [0.5, 0.6) is 0 Å². The van der Waals surface area contributed by atoms with E-state index in [2.05, 4.69) is 29.2 Å². The van der Waals surface area contributed by atoms with Crippen molar-refractivity contribution in [2.24, 2.45) is 7.05 Å². The third-order valence-electron chi connectivity index (χ3n) is 2.19. The van der Waals surface area contributed by atoms with E-state index in [9.17, 15) is 0 Å². The standard InChI is InChI=1S/C11H17N3/c1-5-6-7-12-9(2)11-8-14(4)13-10(11)3/h8-9,12H,7H2,1-4H3. The van der Waals surface area contributed by atoms with Crippen molar-refractivity contribution in [3.05, 3.63) is 17.5 Å². The molecule has 0 spiro atoms. The minimum absolute atomic E-state index is 0.310. The van der Waals surface area contributed by atoms with Gasteiger partial charge in [-0.25, -0.2) is 0 Å². The number of hydrogen-bond acceptors (Lipinski definition) is 2. The van der Waals surface area contributed by atoms with E-state index in [1.165, 1.54) is 5.56 Å². The van der Waals surface area contributed by atoms with Crippen LogP contribution in [-0.4, -0.2) is 16.3 Å². The zero-order valence-corrected chi connectivity index (χ0v) is 9.26. The Morgan fingerprint density at radius 2 is 2.36 bits per heavy atom. The van der Waals surface area contributed by atoms with Crippen LogP contribution in [-0.2, 0) is 7.05 Å². The molecule has 0 bridgehead atoms. The molecule has 1 unspecified atom stereocenters. The second-order valence-corrected chi connectivity index (χ2v) is 3.37. The van der Waals surface area contributed by atoms with Crippen LogP contribution in [0.2, 0.25) is 0 Å². The zero-order valence-electron chi connectivity index (χ0n) is 9.26. The molecular formula is C11H17N3. The third-order valence-corrected chi connectivity index (χ3v) is 2.19. The average molecular weight is 191 g/mol. The molecule has 1 atom stereocenters. The van der Waals surface area contributed by atoms with Crippen molar-refractivity contribution in [2.75, 3.05) is 6.54 Å². The van der Waals surface area contributed by atoms with E-state index in [-0.39, 0.29) is 0 Å². The highest BCUT2D eigenvalue weighted by Gasteiger charge is 2.09. The van der Waals surface area contributed by atoms with Crippen LogP contribution in [0.1, 0.15) is 31.1 Å². The minimum Gasteiger partial charge on any atom is -0.299 e. The molecular weight excluding hydrogens is 174 g/mol. The normalized spacial score (nSPS) is 12.0. The number of rotatable bonds is 3. The molecule has 0 saturated carbocycles. The van der Waals surface area contributed by atoms with Gasteiger partial charge in [-0.05, 0) is 20.8 Å². The van der Waals surface area contributed by atoms with E-state index in [0.29, 0.717) is 6.04 Å². The molecule has 1 N–H and O–H groups in total. The van der Waals surface area contributed by atoms with Crippen LogP contribution in [0, 0.1) is 18.8 Å². The van der Waals surface area contributed by atoms with Gasteiger partial charge >= 0.3 is 0 Å². The molecule has 0 fully saturated rings. The Labute approximate surface area is 85.5 Å². The fourth-order valence-corrected chi connectivity index (χ4v) is 1.45. The van der Waals surface area contributed by atoms with Gasteiger partial charge in [-0.2, -0.15) is 5.10 Å². The monoisotopic (exact) mass is 191 g/mol. The Kier molecular flexibility index (Phi) is 3.73. The summed E-state index contributed by atoms with van der Waals surface area (Å²) in [6.45, 7) is 6.73. The van der Waals surface area contributed by atoms with Crippen LogP contribution in [0.3, 0.4) is 0 Å². The summed E-state index contributed by atoms with van der Waals surface area (Å²) in [6.07, 6.45) is 2.05. The molecule has 76 valence electrons.